The van der Waals surface area contributed by atoms with Crippen molar-refractivity contribution in [2.24, 2.45) is 5.18 Å². The van der Waals surface area contributed by atoms with Crippen molar-refractivity contribution in [2.75, 3.05) is 10.0 Å². The van der Waals surface area contributed by atoms with Crippen LogP contribution in [0.25, 0.3) is 0 Å². The van der Waals surface area contributed by atoms with Crippen LogP contribution in [-0.4, -0.2) is 14.4 Å². The molecule has 0 aliphatic heterocycles. The van der Waals surface area contributed by atoms with Gasteiger partial charge in [0.15, 0.2) is 0 Å². The number of carbonyl (C=O) groups excluding carboxylic acids is 1. The molecule has 0 radical (unpaired) electrons. The third-order valence-corrected chi connectivity index (χ3v) is 6.23. The Labute approximate surface area is 188 Å². The molecule has 0 unspecified atom stereocenters. The molecule has 3 aromatic carbocycles. The molecule has 3 N–H and O–H groups in total. The van der Waals surface area contributed by atoms with Crippen LogP contribution in [0.1, 0.15) is 5.56 Å². The van der Waals surface area contributed by atoms with Crippen molar-refractivity contribution >= 4 is 56.3 Å². The van der Waals surface area contributed by atoms with E-state index in [1.54, 1.807) is 24.3 Å². The summed E-state index contributed by atoms with van der Waals surface area (Å²) in [6, 6.07) is 16.1. The summed E-state index contributed by atoms with van der Waals surface area (Å²) in [7, 11) is -3.82. The van der Waals surface area contributed by atoms with Gasteiger partial charge < -0.3 is 10.6 Å². The fraction of sp³-hybridized carbons (Fsp3) is 0.0500. The number of nitroso groups, excluding NO2 is 1. The molecule has 3 rings (SSSR count). The topological polar surface area (TPSA) is 117 Å². The van der Waals surface area contributed by atoms with Gasteiger partial charge in [0.2, 0.25) is 0 Å². The first-order valence-electron chi connectivity index (χ1n) is 8.82. The Bertz CT molecular complexity index is 1200. The number of rotatable bonds is 7. The number of hydrogen-bond acceptors (Lipinski definition) is 5. The molecule has 0 fully saturated rings. The van der Waals surface area contributed by atoms with E-state index in [9.17, 15) is 18.1 Å². The highest BCUT2D eigenvalue weighted by molar-refractivity contribution is 7.92. The molecular formula is C20H16Cl2N4O4S. The lowest BCUT2D eigenvalue weighted by molar-refractivity contribution is 0.251. The minimum absolute atomic E-state index is 0.0515. The van der Waals surface area contributed by atoms with Crippen LogP contribution >= 0.6 is 23.2 Å². The summed E-state index contributed by atoms with van der Waals surface area (Å²) in [5.74, 6) is 0. The predicted octanol–water partition coefficient (Wildman–Crippen LogP) is 5.51. The van der Waals surface area contributed by atoms with E-state index in [-0.39, 0.29) is 27.8 Å². The van der Waals surface area contributed by atoms with Gasteiger partial charge in [0.05, 0.1) is 20.6 Å². The Hall–Kier alpha value is -3.14. The largest absolute Gasteiger partial charge is 0.334 e. The van der Waals surface area contributed by atoms with Gasteiger partial charge >= 0.3 is 6.03 Å². The van der Waals surface area contributed by atoms with Crippen molar-refractivity contribution in [2.45, 2.75) is 11.4 Å². The number of carbonyl (C=O) groups is 1. The highest BCUT2D eigenvalue weighted by Gasteiger charge is 2.15. The third-order valence-electron chi connectivity index (χ3n) is 4.09. The molecule has 0 aromatic heterocycles. The van der Waals surface area contributed by atoms with Crippen LogP contribution in [-0.2, 0) is 16.6 Å². The number of amides is 2. The number of nitrogens with one attached hydrogen (secondary N) is 3. The van der Waals surface area contributed by atoms with Crippen LogP contribution < -0.4 is 15.4 Å². The average Bonchev–Trinajstić information content (AvgIpc) is 2.75. The first-order chi connectivity index (χ1) is 14.8. The number of benzene rings is 3. The number of nitrogens with zero attached hydrogens (tertiary/aromatic N) is 1. The van der Waals surface area contributed by atoms with Crippen molar-refractivity contribution < 1.29 is 13.2 Å². The van der Waals surface area contributed by atoms with Crippen LogP contribution in [0.15, 0.2) is 76.8 Å². The smallest absolute Gasteiger partial charge is 0.319 e. The second kappa shape index (κ2) is 9.78. The Morgan fingerprint density at radius 2 is 1.52 bits per heavy atom. The Morgan fingerprint density at radius 1 is 0.871 bits per heavy atom. The van der Waals surface area contributed by atoms with E-state index in [4.69, 9.17) is 23.2 Å². The molecule has 0 spiro atoms. The maximum absolute atomic E-state index is 12.5. The second-order valence-electron chi connectivity index (χ2n) is 6.32. The summed E-state index contributed by atoms with van der Waals surface area (Å²) in [4.78, 5) is 22.4. The normalized spacial score (nSPS) is 10.9. The Morgan fingerprint density at radius 3 is 2.13 bits per heavy atom. The predicted molar refractivity (Wildman–Crippen MR) is 121 cm³/mol. The number of sulfonamides is 1. The molecule has 0 atom stereocenters. The van der Waals surface area contributed by atoms with Gasteiger partial charge in [-0.15, -0.1) is 4.91 Å². The number of urea groups is 1. The fourth-order valence-electron chi connectivity index (χ4n) is 2.52. The Balaban J connectivity index is 1.57. The quantitative estimate of drug-likeness (QED) is 0.387. The van der Waals surface area contributed by atoms with Crippen molar-refractivity contribution in [3.05, 3.63) is 87.2 Å². The van der Waals surface area contributed by atoms with E-state index in [0.717, 1.165) is 0 Å². The van der Waals surface area contributed by atoms with E-state index < -0.39 is 16.1 Å². The zero-order valence-corrected chi connectivity index (χ0v) is 18.1. The molecule has 2 amide bonds. The van der Waals surface area contributed by atoms with E-state index >= 15 is 0 Å². The molecule has 0 bridgehead atoms. The zero-order valence-electron chi connectivity index (χ0n) is 15.8. The maximum atomic E-state index is 12.5. The van der Waals surface area contributed by atoms with Gasteiger partial charge in [-0.25, -0.2) is 13.2 Å². The summed E-state index contributed by atoms with van der Waals surface area (Å²) < 4.78 is 27.5. The fourth-order valence-corrected chi connectivity index (χ4v) is 3.87. The number of anilines is 2. The van der Waals surface area contributed by atoms with Gasteiger partial charge in [0.25, 0.3) is 10.0 Å². The van der Waals surface area contributed by atoms with Crippen LogP contribution in [0, 0.1) is 4.91 Å². The van der Waals surface area contributed by atoms with Crippen LogP contribution in [0.4, 0.5) is 21.9 Å². The summed E-state index contributed by atoms with van der Waals surface area (Å²) in [5, 5.41) is 8.61. The molecule has 0 saturated heterocycles. The molecule has 0 saturated carbocycles. The van der Waals surface area contributed by atoms with E-state index in [2.05, 4.69) is 20.5 Å². The van der Waals surface area contributed by atoms with Gasteiger partial charge in [-0.1, -0.05) is 35.3 Å². The molecule has 0 aliphatic carbocycles. The van der Waals surface area contributed by atoms with Gasteiger partial charge in [-0.3, -0.25) is 4.72 Å². The van der Waals surface area contributed by atoms with Crippen LogP contribution in [0.5, 0.6) is 0 Å². The number of halogens is 2. The monoisotopic (exact) mass is 478 g/mol. The molecule has 3 aromatic rings. The third kappa shape index (κ3) is 6.17. The van der Waals surface area contributed by atoms with Gasteiger partial charge in [-0.2, -0.15) is 0 Å². The lowest BCUT2D eigenvalue weighted by Gasteiger charge is -2.10. The average molecular weight is 479 g/mol. The van der Waals surface area contributed by atoms with Crippen molar-refractivity contribution in [3.8, 4) is 0 Å². The van der Waals surface area contributed by atoms with Crippen molar-refractivity contribution in [1.29, 1.82) is 0 Å². The lowest BCUT2D eigenvalue weighted by Crippen LogP contribution is -2.28. The standard InChI is InChI=1S/C20H16Cl2N4O4S/c21-18-10-7-16(11-19(18)22)26-31(29,30)17-8-1-13(2-9-17)12-23-20(27)24-14-3-5-15(25-28)6-4-14/h1-11,26H,12H2,(H2,23,24,27). The van der Waals surface area contributed by atoms with Gasteiger partial charge in [0.1, 0.15) is 5.69 Å². The maximum Gasteiger partial charge on any atom is 0.319 e. The molecule has 0 heterocycles. The highest BCUT2D eigenvalue weighted by atomic mass is 35.5. The highest BCUT2D eigenvalue weighted by Crippen LogP contribution is 2.26. The molecular weight excluding hydrogens is 463 g/mol. The molecule has 8 nitrogen and oxygen atoms in total. The first-order valence-corrected chi connectivity index (χ1v) is 11.1. The van der Waals surface area contributed by atoms with Crippen molar-refractivity contribution in [1.82, 2.24) is 5.32 Å². The summed E-state index contributed by atoms with van der Waals surface area (Å²) >= 11 is 11.7. The summed E-state index contributed by atoms with van der Waals surface area (Å²) in [6.45, 7) is 0.181. The minimum atomic E-state index is -3.82. The summed E-state index contributed by atoms with van der Waals surface area (Å²) in [5.41, 5.74) is 1.74. The molecule has 0 aliphatic rings. The first kappa shape index (κ1) is 22.5. The minimum Gasteiger partial charge on any atom is -0.334 e. The van der Waals surface area contributed by atoms with Crippen LogP contribution in [0.3, 0.4) is 0 Å². The molecule has 31 heavy (non-hydrogen) atoms. The van der Waals surface area contributed by atoms with Crippen LogP contribution in [0.2, 0.25) is 10.0 Å². The Kier molecular flexibility index (Phi) is 7.11. The SMILES string of the molecule is O=Nc1ccc(NC(=O)NCc2ccc(S(=O)(=O)Nc3ccc(Cl)c(Cl)c3)cc2)cc1. The van der Waals surface area contributed by atoms with E-state index in [1.807, 2.05) is 0 Å². The summed E-state index contributed by atoms with van der Waals surface area (Å²) in [6.07, 6.45) is 0. The van der Waals surface area contributed by atoms with E-state index in [0.29, 0.717) is 16.3 Å². The second-order valence-corrected chi connectivity index (χ2v) is 8.82. The van der Waals surface area contributed by atoms with E-state index in [1.165, 1.54) is 42.5 Å². The molecule has 11 heteroatoms. The lowest BCUT2D eigenvalue weighted by atomic mass is 10.2. The number of hydrogen-bond donors (Lipinski definition) is 3. The van der Waals surface area contributed by atoms with Crippen molar-refractivity contribution in [3.63, 3.8) is 0 Å². The van der Waals surface area contributed by atoms with Gasteiger partial charge in [-0.05, 0) is 65.3 Å². The van der Waals surface area contributed by atoms with Gasteiger partial charge in [0, 0.05) is 12.2 Å². The zero-order chi connectivity index (χ0) is 22.4. The molecule has 160 valence electrons.